The number of nitro benzene ring substituents is 1. The summed E-state index contributed by atoms with van der Waals surface area (Å²) in [6.45, 7) is -0.0888. The summed E-state index contributed by atoms with van der Waals surface area (Å²) in [5, 5.41) is 13.5. The maximum Gasteiger partial charge on any atom is 0.342 e. The van der Waals surface area contributed by atoms with Crippen LogP contribution in [0.3, 0.4) is 0 Å². The molecule has 0 aliphatic carbocycles. The maximum atomic E-state index is 12.4. The summed E-state index contributed by atoms with van der Waals surface area (Å²) in [6.07, 6.45) is 0. The van der Waals surface area contributed by atoms with E-state index in [0.29, 0.717) is 17.2 Å². The Labute approximate surface area is 175 Å². The number of methoxy groups -OCH3 is 3. The highest BCUT2D eigenvalue weighted by molar-refractivity contribution is 7.13. The number of rotatable bonds is 8. The Morgan fingerprint density at radius 1 is 1.03 bits per heavy atom. The first-order valence-corrected chi connectivity index (χ1v) is 9.51. The van der Waals surface area contributed by atoms with Crippen molar-refractivity contribution in [1.82, 2.24) is 4.98 Å². The fourth-order valence-corrected chi connectivity index (χ4v) is 3.46. The van der Waals surface area contributed by atoms with Crippen LogP contribution in [-0.4, -0.2) is 37.2 Å². The van der Waals surface area contributed by atoms with Crippen molar-refractivity contribution < 1.29 is 28.7 Å². The van der Waals surface area contributed by atoms with Crippen molar-refractivity contribution in [2.75, 3.05) is 21.3 Å². The maximum absolute atomic E-state index is 12.4. The third-order valence-electron chi connectivity index (χ3n) is 4.15. The first kappa shape index (κ1) is 21.1. The zero-order chi connectivity index (χ0) is 21.7. The van der Waals surface area contributed by atoms with Crippen LogP contribution >= 0.6 is 11.3 Å². The lowest BCUT2D eigenvalue weighted by Gasteiger charge is -2.08. The van der Waals surface area contributed by atoms with Gasteiger partial charge in [-0.3, -0.25) is 10.1 Å². The summed E-state index contributed by atoms with van der Waals surface area (Å²) in [5.74, 6) is 0.639. The normalized spacial score (nSPS) is 10.4. The van der Waals surface area contributed by atoms with E-state index in [1.54, 1.807) is 31.7 Å². The molecular formula is C20H18N2O7S. The van der Waals surface area contributed by atoms with Crippen molar-refractivity contribution in [3.8, 4) is 27.8 Å². The molecule has 0 aliphatic heterocycles. The average Bonchev–Trinajstić information content (AvgIpc) is 3.25. The number of thiazole rings is 1. The number of non-ortho nitro benzene ring substituents is 1. The molecule has 1 heterocycles. The molecule has 3 rings (SSSR count). The van der Waals surface area contributed by atoms with E-state index in [1.165, 1.54) is 30.6 Å². The zero-order valence-corrected chi connectivity index (χ0v) is 17.2. The van der Waals surface area contributed by atoms with Crippen molar-refractivity contribution in [1.29, 1.82) is 0 Å². The van der Waals surface area contributed by atoms with E-state index >= 15 is 0 Å². The number of carbonyl (C=O) groups excluding carboxylic acids is 1. The topological polar surface area (TPSA) is 110 Å². The van der Waals surface area contributed by atoms with Crippen LogP contribution in [0.15, 0.2) is 41.8 Å². The van der Waals surface area contributed by atoms with Crippen LogP contribution in [0.25, 0.3) is 10.6 Å². The van der Waals surface area contributed by atoms with Gasteiger partial charge in [0.25, 0.3) is 5.69 Å². The van der Waals surface area contributed by atoms with E-state index < -0.39 is 10.9 Å². The number of nitrogens with zero attached hydrogens (tertiary/aromatic N) is 2. The van der Waals surface area contributed by atoms with Crippen molar-refractivity contribution >= 4 is 23.0 Å². The number of aromatic nitrogens is 1. The number of nitro groups is 1. The van der Waals surface area contributed by atoms with E-state index in [1.807, 2.05) is 6.07 Å². The van der Waals surface area contributed by atoms with Gasteiger partial charge in [0, 0.05) is 23.1 Å². The molecule has 0 N–H and O–H groups in total. The fraction of sp³-hybridized carbons (Fsp3) is 0.200. The highest BCUT2D eigenvalue weighted by Crippen LogP contribution is 2.33. The molecule has 30 heavy (non-hydrogen) atoms. The lowest BCUT2D eigenvalue weighted by Crippen LogP contribution is -2.08. The Bertz CT molecular complexity index is 1080. The minimum Gasteiger partial charge on any atom is -0.496 e. The summed E-state index contributed by atoms with van der Waals surface area (Å²) < 4.78 is 20.9. The van der Waals surface area contributed by atoms with Crippen LogP contribution in [0.1, 0.15) is 16.1 Å². The van der Waals surface area contributed by atoms with Crippen LogP contribution in [0.5, 0.6) is 17.2 Å². The molecule has 0 amide bonds. The Hall–Kier alpha value is -3.66. The van der Waals surface area contributed by atoms with Crippen LogP contribution in [0, 0.1) is 10.1 Å². The van der Waals surface area contributed by atoms with Gasteiger partial charge in [-0.05, 0) is 24.3 Å². The van der Waals surface area contributed by atoms with Crippen molar-refractivity contribution in [2.45, 2.75) is 6.61 Å². The van der Waals surface area contributed by atoms with E-state index in [4.69, 9.17) is 18.9 Å². The second kappa shape index (κ2) is 9.23. The summed E-state index contributed by atoms with van der Waals surface area (Å²) in [4.78, 5) is 27.3. The number of hydrogen-bond donors (Lipinski definition) is 0. The molecule has 0 aliphatic rings. The standard InChI is InChI=1S/C20H18N2O7S/c1-26-16-7-5-14(22(24)25)9-15(16)20(23)29-10-13-11-30-19(21-13)12-4-6-17(27-2)18(8-12)28-3/h4-9,11H,10H2,1-3H3. The molecule has 0 bridgehead atoms. The molecule has 0 spiro atoms. The summed E-state index contributed by atoms with van der Waals surface area (Å²) in [6, 6.07) is 9.17. The highest BCUT2D eigenvalue weighted by Gasteiger charge is 2.19. The second-order valence-electron chi connectivity index (χ2n) is 5.93. The minimum atomic E-state index is -0.740. The third kappa shape index (κ3) is 4.49. The van der Waals surface area contributed by atoms with Gasteiger partial charge in [-0.15, -0.1) is 11.3 Å². The largest absolute Gasteiger partial charge is 0.496 e. The Balaban J connectivity index is 1.74. The van der Waals surface area contributed by atoms with E-state index in [-0.39, 0.29) is 23.6 Å². The second-order valence-corrected chi connectivity index (χ2v) is 6.79. The molecule has 0 atom stereocenters. The zero-order valence-electron chi connectivity index (χ0n) is 16.4. The van der Waals surface area contributed by atoms with Crippen molar-refractivity contribution in [3.63, 3.8) is 0 Å². The highest BCUT2D eigenvalue weighted by atomic mass is 32.1. The number of benzene rings is 2. The first-order valence-electron chi connectivity index (χ1n) is 8.63. The molecule has 10 heteroatoms. The molecule has 0 saturated heterocycles. The molecule has 0 saturated carbocycles. The van der Waals surface area contributed by atoms with E-state index in [0.717, 1.165) is 16.6 Å². The molecule has 0 radical (unpaired) electrons. The first-order chi connectivity index (χ1) is 14.5. The summed E-state index contributed by atoms with van der Waals surface area (Å²) >= 11 is 1.38. The van der Waals surface area contributed by atoms with Crippen LogP contribution in [0.2, 0.25) is 0 Å². The van der Waals surface area contributed by atoms with Crippen LogP contribution < -0.4 is 14.2 Å². The van der Waals surface area contributed by atoms with Crippen LogP contribution in [0.4, 0.5) is 5.69 Å². The molecule has 2 aromatic carbocycles. The van der Waals surface area contributed by atoms with Gasteiger partial charge in [0.2, 0.25) is 0 Å². The lowest BCUT2D eigenvalue weighted by molar-refractivity contribution is -0.384. The van der Waals surface area contributed by atoms with Crippen molar-refractivity contribution in [2.24, 2.45) is 0 Å². The van der Waals surface area contributed by atoms with Crippen LogP contribution in [-0.2, 0) is 11.3 Å². The quantitative estimate of drug-likeness (QED) is 0.298. The Kier molecular flexibility index (Phi) is 6.48. The SMILES string of the molecule is COc1ccc(-c2nc(COC(=O)c3cc([N+](=O)[O-])ccc3OC)cs2)cc1OC. The fourth-order valence-electron chi connectivity index (χ4n) is 2.66. The molecular weight excluding hydrogens is 412 g/mol. The lowest BCUT2D eigenvalue weighted by atomic mass is 10.2. The molecule has 156 valence electrons. The minimum absolute atomic E-state index is 0.0259. The molecule has 3 aromatic rings. The monoisotopic (exact) mass is 430 g/mol. The predicted molar refractivity (Wildman–Crippen MR) is 109 cm³/mol. The third-order valence-corrected chi connectivity index (χ3v) is 5.09. The Morgan fingerprint density at radius 2 is 1.73 bits per heavy atom. The van der Waals surface area contributed by atoms with Gasteiger partial charge in [0.05, 0.1) is 31.9 Å². The van der Waals surface area contributed by atoms with Gasteiger partial charge >= 0.3 is 5.97 Å². The molecule has 0 unspecified atom stereocenters. The average molecular weight is 430 g/mol. The molecule has 0 fully saturated rings. The van der Waals surface area contributed by atoms with Gasteiger partial charge < -0.3 is 18.9 Å². The summed E-state index contributed by atoms with van der Waals surface area (Å²) in [5.41, 5.74) is 1.12. The number of esters is 1. The van der Waals surface area contributed by atoms with Crippen molar-refractivity contribution in [3.05, 3.63) is 63.1 Å². The molecule has 1 aromatic heterocycles. The van der Waals surface area contributed by atoms with Gasteiger partial charge in [-0.2, -0.15) is 0 Å². The molecule has 9 nitrogen and oxygen atoms in total. The Morgan fingerprint density at radius 3 is 2.40 bits per heavy atom. The van der Waals surface area contributed by atoms with Gasteiger partial charge in [-0.1, -0.05) is 0 Å². The van der Waals surface area contributed by atoms with Gasteiger partial charge in [0.1, 0.15) is 22.9 Å². The van der Waals surface area contributed by atoms with Gasteiger partial charge in [0.15, 0.2) is 11.5 Å². The number of carbonyl (C=O) groups is 1. The van der Waals surface area contributed by atoms with E-state index in [2.05, 4.69) is 4.98 Å². The number of hydrogen-bond acceptors (Lipinski definition) is 9. The predicted octanol–water partition coefficient (Wildman–Crippen LogP) is 4.10. The number of ether oxygens (including phenoxy) is 4. The summed E-state index contributed by atoms with van der Waals surface area (Å²) in [7, 11) is 4.48. The van der Waals surface area contributed by atoms with Gasteiger partial charge in [-0.25, -0.2) is 9.78 Å². The smallest absolute Gasteiger partial charge is 0.342 e. The van der Waals surface area contributed by atoms with E-state index in [9.17, 15) is 14.9 Å².